The molecule has 72 heavy (non-hydrogen) atoms. The Kier molecular flexibility index (Phi) is 18.8. The quantitative estimate of drug-likeness (QED) is 0.0189. The second-order valence-corrected chi connectivity index (χ2v) is 18.2. The lowest BCUT2D eigenvalue weighted by atomic mass is 9.71. The molecule has 0 bridgehead atoms. The predicted molar refractivity (Wildman–Crippen MR) is 248 cm³/mol. The fraction of sp³-hybridized carbons (Fsp3) is 0.490. The molecule has 1 unspecified atom stereocenters. The Morgan fingerprint density at radius 1 is 0.792 bits per heavy atom. The van der Waals surface area contributed by atoms with Gasteiger partial charge in [-0.1, -0.05) is 24.3 Å². The van der Waals surface area contributed by atoms with E-state index in [1.165, 1.54) is 37.3 Å². The zero-order valence-electron chi connectivity index (χ0n) is 39.6. The lowest BCUT2D eigenvalue weighted by Crippen LogP contribution is -2.49. The molecule has 1 fully saturated rings. The van der Waals surface area contributed by atoms with Crippen LogP contribution in [0.3, 0.4) is 0 Å². The lowest BCUT2D eigenvalue weighted by Gasteiger charge is -2.42. The average molecular weight is 1010 g/mol. The van der Waals surface area contributed by atoms with Crippen molar-refractivity contribution in [2.75, 3.05) is 38.4 Å². The number of aldehydes is 1. The van der Waals surface area contributed by atoms with Crippen molar-refractivity contribution in [3.8, 4) is 17.2 Å². The van der Waals surface area contributed by atoms with E-state index < -0.39 is 120 Å². The summed E-state index contributed by atoms with van der Waals surface area (Å²) in [6, 6.07) is 6.91. The molecule has 3 aromatic carbocycles. The Morgan fingerprint density at radius 2 is 1.49 bits per heavy atom. The molecule has 0 saturated carbocycles. The number of hydrogen-bond acceptors (Lipinski definition) is 20. The number of Topliss-reactive ketones (excluding diaryl/α,β-unsaturated/α-hetero) is 4. The van der Waals surface area contributed by atoms with Gasteiger partial charge in [-0.05, 0) is 42.9 Å². The molecule has 0 radical (unpaired) electrons. The van der Waals surface area contributed by atoms with Crippen LogP contribution in [0, 0.1) is 5.92 Å². The van der Waals surface area contributed by atoms with Gasteiger partial charge in [-0.15, -0.1) is 0 Å². The van der Waals surface area contributed by atoms with Crippen molar-refractivity contribution < 1.29 is 98.2 Å². The van der Waals surface area contributed by atoms with Crippen LogP contribution in [0.4, 0.5) is 5.69 Å². The van der Waals surface area contributed by atoms with E-state index in [1.54, 1.807) is 0 Å². The van der Waals surface area contributed by atoms with Crippen LogP contribution in [0.2, 0.25) is 0 Å². The monoisotopic (exact) mass is 1010 g/mol. The molecule has 3 aromatic rings. The van der Waals surface area contributed by atoms with Gasteiger partial charge in [0.25, 0.3) is 0 Å². The van der Waals surface area contributed by atoms with E-state index in [0.29, 0.717) is 12.7 Å². The van der Waals surface area contributed by atoms with Gasteiger partial charge in [0.15, 0.2) is 35.7 Å². The van der Waals surface area contributed by atoms with Gasteiger partial charge in [0.05, 0.1) is 67.1 Å². The standard InChI is InChI=1S/C51H59NO20/c1-26-45(62)29(17-31(58)6-3-7-32(59)25-70-16-15-69-14-4-8-30(57)11-13-39(61)52-36-12-10-27(21-53)35(23-55)46(36)63)18-40(71-26)72-37-20-51(68,38(60)24-56)19-34-42(37)50(67)44-43(48(34)65)47(64)33-9-2-5-28(22-54)41(33)49(44)66/h2,5,9-10,12,23,26,29,37,40,45,53-54,56,62-63,65,67-68H,3-4,6-8,11,13-22,24-25H2,1H3,(H,52,61)/t26-,29-,37+,40?,45+,51-/m0/s1. The Hall–Kier alpha value is -6.14. The summed E-state index contributed by atoms with van der Waals surface area (Å²) in [4.78, 5) is 102. The predicted octanol–water partition coefficient (Wildman–Crippen LogP) is 2.28. The smallest absolute Gasteiger partial charge is 0.224 e. The van der Waals surface area contributed by atoms with Crippen LogP contribution >= 0.6 is 0 Å². The van der Waals surface area contributed by atoms with E-state index >= 15 is 0 Å². The number of ether oxygens (including phenoxy) is 4. The first-order valence-corrected chi connectivity index (χ1v) is 23.6. The minimum atomic E-state index is -2.38. The van der Waals surface area contributed by atoms with Crippen molar-refractivity contribution >= 4 is 52.6 Å². The largest absolute Gasteiger partial charge is 0.507 e. The van der Waals surface area contributed by atoms with Gasteiger partial charge in [-0.3, -0.25) is 38.4 Å². The molecule has 1 heterocycles. The summed E-state index contributed by atoms with van der Waals surface area (Å²) in [6.07, 6.45) is -5.47. The first kappa shape index (κ1) is 55.2. The number of fused-ring (bicyclic) bond motifs is 3. The van der Waals surface area contributed by atoms with Crippen molar-refractivity contribution in [1.82, 2.24) is 0 Å². The molecule has 0 spiro atoms. The number of carbonyl (C=O) groups excluding carboxylic acids is 8. The Morgan fingerprint density at radius 3 is 2.19 bits per heavy atom. The van der Waals surface area contributed by atoms with E-state index in [2.05, 4.69) is 5.32 Å². The van der Waals surface area contributed by atoms with Crippen LogP contribution in [0.15, 0.2) is 30.3 Å². The van der Waals surface area contributed by atoms with Crippen molar-refractivity contribution in [3.63, 3.8) is 0 Å². The first-order chi connectivity index (χ1) is 34.4. The van der Waals surface area contributed by atoms with Crippen LogP contribution in [-0.4, -0.2) is 145 Å². The van der Waals surface area contributed by atoms with Gasteiger partial charge in [-0.2, -0.15) is 0 Å². The third-order valence-corrected chi connectivity index (χ3v) is 13.2. The molecule has 21 heteroatoms. The normalized spacial score (nSPS) is 21.3. The number of hydrogen-bond donors (Lipinski definition) is 9. The van der Waals surface area contributed by atoms with E-state index in [4.69, 9.17) is 18.9 Å². The van der Waals surface area contributed by atoms with Gasteiger partial charge in [0.1, 0.15) is 47.6 Å². The van der Waals surface area contributed by atoms with Crippen molar-refractivity contribution in [2.24, 2.45) is 5.92 Å². The van der Waals surface area contributed by atoms with Gasteiger partial charge < -0.3 is 65.1 Å². The lowest BCUT2D eigenvalue weighted by molar-refractivity contribution is -0.257. The number of aliphatic hydroxyl groups excluding tert-OH is 4. The number of aliphatic hydroxyl groups is 5. The molecule has 1 aliphatic heterocycles. The topological polar surface area (TPSA) is 347 Å². The third-order valence-electron chi connectivity index (χ3n) is 13.2. The summed E-state index contributed by atoms with van der Waals surface area (Å²) < 4.78 is 23.0. The third kappa shape index (κ3) is 12.4. The highest BCUT2D eigenvalue weighted by molar-refractivity contribution is 6.31. The number of phenolic OH excluding ortho intramolecular Hbond substituents is 3. The highest BCUT2D eigenvalue weighted by atomic mass is 16.7. The second-order valence-electron chi connectivity index (χ2n) is 18.2. The minimum absolute atomic E-state index is 0.00823. The fourth-order valence-electron chi connectivity index (χ4n) is 9.42. The zero-order chi connectivity index (χ0) is 52.4. The molecule has 6 atom stereocenters. The highest BCUT2D eigenvalue weighted by Crippen LogP contribution is 2.52. The number of nitrogens with one attached hydrogen (secondary N) is 1. The van der Waals surface area contributed by atoms with Crippen LogP contribution in [0.25, 0.3) is 0 Å². The molecule has 2 aliphatic carbocycles. The molecule has 6 rings (SSSR count). The fourth-order valence-corrected chi connectivity index (χ4v) is 9.42. The molecular formula is C51H59NO20. The molecular weight excluding hydrogens is 947 g/mol. The SMILES string of the molecule is C[C@@H]1OC(O[C@@H]2C[C@](O)(C(=O)CO)Cc3c(O)c4c(c(O)c32)C(=O)c2c(CO)cccc2C4=O)C[C@H](CC(=O)CCCC(=O)COCCOCCCC(=O)CCC(=O)Nc2ccc(CO)c(C=O)c2O)[C@@H]1O. The Labute approximate surface area is 412 Å². The van der Waals surface area contributed by atoms with Crippen molar-refractivity contribution in [3.05, 3.63) is 80.4 Å². The average Bonchev–Trinajstić information content (AvgIpc) is 3.35. The number of rotatable bonds is 26. The number of aromatic hydroxyl groups is 3. The molecule has 1 amide bonds. The molecule has 9 N–H and O–H groups in total. The second kappa shape index (κ2) is 24.5. The summed E-state index contributed by atoms with van der Waals surface area (Å²) >= 11 is 0. The maximum atomic E-state index is 14.0. The van der Waals surface area contributed by atoms with Gasteiger partial charge in [0, 0.05) is 86.6 Å². The van der Waals surface area contributed by atoms with Gasteiger partial charge >= 0.3 is 0 Å². The summed E-state index contributed by atoms with van der Waals surface area (Å²) in [7, 11) is 0. The van der Waals surface area contributed by atoms with E-state index in [1.807, 2.05) is 0 Å². The van der Waals surface area contributed by atoms with Crippen LogP contribution in [0.5, 0.6) is 17.2 Å². The number of amides is 1. The summed E-state index contributed by atoms with van der Waals surface area (Å²) in [6.45, 7) is -0.453. The Balaban J connectivity index is 0.934. The highest BCUT2D eigenvalue weighted by Gasteiger charge is 2.50. The summed E-state index contributed by atoms with van der Waals surface area (Å²) in [5.74, 6) is -6.86. The molecule has 388 valence electrons. The zero-order valence-corrected chi connectivity index (χ0v) is 39.6. The summed E-state index contributed by atoms with van der Waals surface area (Å²) in [5.41, 5.74) is -4.24. The maximum absolute atomic E-state index is 14.0. The van der Waals surface area contributed by atoms with Crippen LogP contribution < -0.4 is 5.32 Å². The number of phenols is 3. The van der Waals surface area contributed by atoms with Gasteiger partial charge in [-0.25, -0.2) is 0 Å². The van der Waals surface area contributed by atoms with Crippen molar-refractivity contribution in [2.45, 2.75) is 121 Å². The van der Waals surface area contributed by atoms with E-state index in [0.717, 1.165) is 0 Å². The Bertz CT molecular complexity index is 2590. The molecule has 21 nitrogen and oxygen atoms in total. The number of benzene rings is 3. The van der Waals surface area contributed by atoms with E-state index in [9.17, 15) is 79.2 Å². The molecule has 3 aliphatic rings. The molecule has 0 aromatic heterocycles. The maximum Gasteiger partial charge on any atom is 0.224 e. The molecule has 1 saturated heterocycles. The van der Waals surface area contributed by atoms with Crippen molar-refractivity contribution in [1.29, 1.82) is 0 Å². The first-order valence-electron chi connectivity index (χ1n) is 23.6. The number of carbonyl (C=O) groups is 8. The summed E-state index contributed by atoms with van der Waals surface area (Å²) in [5, 5.41) is 87.7. The minimum Gasteiger partial charge on any atom is -0.507 e. The van der Waals surface area contributed by atoms with Crippen LogP contribution in [-0.2, 0) is 62.6 Å². The van der Waals surface area contributed by atoms with E-state index in [-0.39, 0.29) is 140 Å². The van der Waals surface area contributed by atoms with Crippen LogP contribution in [0.1, 0.15) is 142 Å². The number of ketones is 6. The number of anilines is 1. The van der Waals surface area contributed by atoms with Gasteiger partial charge in [0.2, 0.25) is 5.91 Å².